The smallest absolute Gasteiger partial charge is 0.304 e. The fourth-order valence-electron chi connectivity index (χ4n) is 4.09. The third-order valence-corrected chi connectivity index (χ3v) is 5.10. The van der Waals surface area contributed by atoms with Gasteiger partial charge < -0.3 is 9.84 Å². The van der Waals surface area contributed by atoms with E-state index in [1.165, 1.54) is 32.1 Å². The van der Waals surface area contributed by atoms with Gasteiger partial charge in [0.1, 0.15) is 0 Å². The minimum atomic E-state index is -0.705. The molecule has 1 spiro atoms. The molecule has 1 unspecified atom stereocenters. The third kappa shape index (κ3) is 4.43. The largest absolute Gasteiger partial charge is 0.481 e. The Labute approximate surface area is 128 Å². The Hall–Kier alpha value is -0.610. The molecule has 1 saturated heterocycles. The van der Waals surface area contributed by atoms with E-state index in [1.807, 2.05) is 0 Å². The Bertz CT molecular complexity index is 350. The summed E-state index contributed by atoms with van der Waals surface area (Å²) in [5, 5.41) is 9.02. The lowest BCUT2D eigenvalue weighted by molar-refractivity contribution is -0.141. The number of carboxylic acid groups (broad SMARTS) is 1. The second kappa shape index (κ2) is 6.66. The van der Waals surface area contributed by atoms with Crippen LogP contribution in [-0.4, -0.2) is 46.3 Å². The number of nitrogens with zero attached hydrogens (tertiary/aromatic N) is 1. The zero-order valence-electron chi connectivity index (χ0n) is 13.9. The van der Waals surface area contributed by atoms with Crippen LogP contribution in [0.5, 0.6) is 0 Å². The molecule has 4 nitrogen and oxygen atoms in total. The van der Waals surface area contributed by atoms with Gasteiger partial charge in [-0.05, 0) is 46.5 Å². The summed E-state index contributed by atoms with van der Waals surface area (Å²) in [5.41, 5.74) is 0.0845. The molecule has 0 bridgehead atoms. The molecule has 1 N–H and O–H groups in total. The van der Waals surface area contributed by atoms with Crippen LogP contribution in [0.1, 0.15) is 72.1 Å². The van der Waals surface area contributed by atoms with E-state index in [2.05, 4.69) is 25.7 Å². The van der Waals surface area contributed by atoms with Crippen molar-refractivity contribution < 1.29 is 14.6 Å². The fraction of sp³-hybridized carbons (Fsp3) is 0.941. The SMILES string of the molecule is CC(C)(C)N(CCC(=O)O)C1CCOC2(CCCCC2)C1. The van der Waals surface area contributed by atoms with Crippen molar-refractivity contribution in [3.63, 3.8) is 0 Å². The van der Waals surface area contributed by atoms with E-state index in [0.29, 0.717) is 12.6 Å². The number of carbonyl (C=O) groups is 1. The van der Waals surface area contributed by atoms with Crippen LogP contribution in [0, 0.1) is 0 Å². The molecule has 0 aromatic heterocycles. The van der Waals surface area contributed by atoms with Crippen molar-refractivity contribution in [3.05, 3.63) is 0 Å². The maximum atomic E-state index is 11.0. The molecular formula is C17H31NO3. The van der Waals surface area contributed by atoms with Crippen LogP contribution in [0.25, 0.3) is 0 Å². The summed E-state index contributed by atoms with van der Waals surface area (Å²) in [6.45, 7) is 8.04. The first-order chi connectivity index (χ1) is 9.82. The Morgan fingerprint density at radius 1 is 1.29 bits per heavy atom. The van der Waals surface area contributed by atoms with E-state index in [0.717, 1.165) is 19.4 Å². The van der Waals surface area contributed by atoms with Gasteiger partial charge in [-0.2, -0.15) is 0 Å². The second-order valence-electron chi connectivity index (χ2n) is 7.75. The van der Waals surface area contributed by atoms with Gasteiger partial charge in [0.25, 0.3) is 0 Å². The van der Waals surface area contributed by atoms with Crippen molar-refractivity contribution in [1.29, 1.82) is 0 Å². The summed E-state index contributed by atoms with van der Waals surface area (Å²) in [6, 6.07) is 0.455. The lowest BCUT2D eigenvalue weighted by Crippen LogP contribution is -2.55. The van der Waals surface area contributed by atoms with Crippen LogP contribution in [-0.2, 0) is 9.53 Å². The van der Waals surface area contributed by atoms with Crippen molar-refractivity contribution in [2.24, 2.45) is 0 Å². The molecule has 1 heterocycles. The van der Waals surface area contributed by atoms with Gasteiger partial charge in [0.05, 0.1) is 12.0 Å². The average Bonchev–Trinajstić information content (AvgIpc) is 2.38. The molecular weight excluding hydrogens is 266 g/mol. The summed E-state index contributed by atoms with van der Waals surface area (Å²) >= 11 is 0. The summed E-state index contributed by atoms with van der Waals surface area (Å²) < 4.78 is 6.18. The fourth-order valence-corrected chi connectivity index (χ4v) is 4.09. The molecule has 1 aliphatic carbocycles. The molecule has 2 rings (SSSR count). The normalized spacial score (nSPS) is 26.2. The van der Waals surface area contributed by atoms with Gasteiger partial charge >= 0.3 is 5.97 Å². The Morgan fingerprint density at radius 3 is 2.52 bits per heavy atom. The van der Waals surface area contributed by atoms with Gasteiger partial charge in [0.2, 0.25) is 0 Å². The molecule has 21 heavy (non-hydrogen) atoms. The highest BCUT2D eigenvalue weighted by Gasteiger charge is 2.42. The number of ether oxygens (including phenoxy) is 1. The maximum Gasteiger partial charge on any atom is 0.304 e. The molecule has 0 aromatic carbocycles. The van der Waals surface area contributed by atoms with Crippen LogP contribution in [0.2, 0.25) is 0 Å². The zero-order chi connectivity index (χ0) is 15.5. The van der Waals surface area contributed by atoms with Crippen LogP contribution in [0.4, 0.5) is 0 Å². The number of carboxylic acids is 1. The van der Waals surface area contributed by atoms with E-state index in [4.69, 9.17) is 9.84 Å². The maximum absolute atomic E-state index is 11.0. The Morgan fingerprint density at radius 2 is 1.95 bits per heavy atom. The predicted octanol–water partition coefficient (Wildman–Crippen LogP) is 3.44. The topological polar surface area (TPSA) is 49.8 Å². The van der Waals surface area contributed by atoms with E-state index in [-0.39, 0.29) is 17.6 Å². The average molecular weight is 297 g/mol. The van der Waals surface area contributed by atoms with Gasteiger partial charge in [-0.1, -0.05) is 19.3 Å². The molecule has 1 atom stereocenters. The Balaban J connectivity index is 2.06. The highest BCUT2D eigenvalue weighted by molar-refractivity contribution is 5.66. The summed E-state index contributed by atoms with van der Waals surface area (Å²) in [6.07, 6.45) is 8.57. The van der Waals surface area contributed by atoms with Crippen molar-refractivity contribution in [3.8, 4) is 0 Å². The standard InChI is InChI=1S/C17H31NO3/c1-16(2,3)18(11-7-15(19)20)14-8-12-21-17(13-14)9-5-4-6-10-17/h14H,4-13H2,1-3H3,(H,19,20). The molecule has 0 aromatic rings. The van der Waals surface area contributed by atoms with Crippen molar-refractivity contribution in [2.45, 2.75) is 89.3 Å². The molecule has 122 valence electrons. The predicted molar refractivity (Wildman–Crippen MR) is 83.5 cm³/mol. The molecule has 0 amide bonds. The van der Waals surface area contributed by atoms with E-state index in [1.54, 1.807) is 0 Å². The molecule has 1 aliphatic heterocycles. The van der Waals surface area contributed by atoms with E-state index in [9.17, 15) is 4.79 Å². The van der Waals surface area contributed by atoms with Crippen LogP contribution in [0.15, 0.2) is 0 Å². The first kappa shape index (κ1) is 16.8. The highest BCUT2D eigenvalue weighted by atomic mass is 16.5. The van der Waals surface area contributed by atoms with Gasteiger partial charge in [-0.3, -0.25) is 9.69 Å². The molecule has 1 saturated carbocycles. The van der Waals surface area contributed by atoms with E-state index < -0.39 is 5.97 Å². The molecule has 0 radical (unpaired) electrons. The van der Waals surface area contributed by atoms with Crippen LogP contribution >= 0.6 is 0 Å². The number of hydrogen-bond acceptors (Lipinski definition) is 3. The first-order valence-electron chi connectivity index (χ1n) is 8.45. The minimum absolute atomic E-state index is 0.00726. The van der Waals surface area contributed by atoms with Gasteiger partial charge in [-0.15, -0.1) is 0 Å². The zero-order valence-corrected chi connectivity index (χ0v) is 13.9. The van der Waals surface area contributed by atoms with E-state index >= 15 is 0 Å². The first-order valence-corrected chi connectivity index (χ1v) is 8.45. The summed E-state index contributed by atoms with van der Waals surface area (Å²) in [4.78, 5) is 13.4. The number of rotatable bonds is 4. The number of hydrogen-bond donors (Lipinski definition) is 1. The summed E-state index contributed by atoms with van der Waals surface area (Å²) in [7, 11) is 0. The highest BCUT2D eigenvalue weighted by Crippen LogP contribution is 2.41. The third-order valence-electron chi connectivity index (χ3n) is 5.10. The minimum Gasteiger partial charge on any atom is -0.481 e. The van der Waals surface area contributed by atoms with Crippen molar-refractivity contribution in [1.82, 2.24) is 4.90 Å². The van der Waals surface area contributed by atoms with Crippen LogP contribution < -0.4 is 0 Å². The van der Waals surface area contributed by atoms with Crippen molar-refractivity contribution >= 4 is 5.97 Å². The monoisotopic (exact) mass is 297 g/mol. The van der Waals surface area contributed by atoms with Gasteiger partial charge in [0, 0.05) is 24.7 Å². The molecule has 4 heteroatoms. The Kier molecular flexibility index (Phi) is 5.31. The van der Waals surface area contributed by atoms with Gasteiger partial charge in [0.15, 0.2) is 0 Å². The van der Waals surface area contributed by atoms with Gasteiger partial charge in [-0.25, -0.2) is 0 Å². The quantitative estimate of drug-likeness (QED) is 0.863. The summed E-state index contributed by atoms with van der Waals surface area (Å²) in [5.74, 6) is -0.705. The molecule has 2 fully saturated rings. The lowest BCUT2D eigenvalue weighted by atomic mass is 9.77. The second-order valence-corrected chi connectivity index (χ2v) is 7.75. The van der Waals surface area contributed by atoms with Crippen molar-refractivity contribution in [2.75, 3.05) is 13.2 Å². The lowest BCUT2D eigenvalue weighted by Gasteiger charge is -2.50. The number of aliphatic carboxylic acids is 1. The molecule has 2 aliphatic rings. The van der Waals surface area contributed by atoms with Crippen LogP contribution in [0.3, 0.4) is 0 Å².